The Labute approximate surface area is 144 Å². The number of carbonyl (C=O) groups excluding carboxylic acids is 2. The fourth-order valence-electron chi connectivity index (χ4n) is 2.49. The van der Waals surface area contributed by atoms with Crippen LogP contribution in [0.25, 0.3) is 0 Å². The Morgan fingerprint density at radius 1 is 1.36 bits per heavy atom. The number of benzene rings is 1. The van der Waals surface area contributed by atoms with Gasteiger partial charge in [-0.05, 0) is 38.5 Å². The van der Waals surface area contributed by atoms with Crippen LogP contribution in [-0.4, -0.2) is 52.4 Å². The van der Waals surface area contributed by atoms with E-state index in [1.54, 1.807) is 19.1 Å². The Morgan fingerprint density at radius 3 is 2.64 bits per heavy atom. The first kappa shape index (κ1) is 18.5. The Balaban J connectivity index is 2.18. The van der Waals surface area contributed by atoms with E-state index in [0.717, 1.165) is 5.56 Å². The van der Waals surface area contributed by atoms with Gasteiger partial charge in [0.2, 0.25) is 5.91 Å². The monoisotopic (exact) mass is 351 g/mol. The SMILES string of the molecule is Cc1ccc2c(c1)O[C@@H](C)[C@H](NC(=O)[C@@H](NC(=O)O)[C@H](C)O)C(=O)N2. The molecule has 1 heterocycles. The fraction of sp³-hybridized carbons (Fsp3) is 0.438. The molecule has 0 bridgehead atoms. The molecule has 9 heteroatoms. The van der Waals surface area contributed by atoms with Gasteiger partial charge < -0.3 is 30.9 Å². The summed E-state index contributed by atoms with van der Waals surface area (Å²) in [6.07, 6.45) is -3.44. The maximum Gasteiger partial charge on any atom is 0.405 e. The molecule has 2 rings (SSSR count). The van der Waals surface area contributed by atoms with E-state index in [-0.39, 0.29) is 0 Å². The van der Waals surface area contributed by atoms with Gasteiger partial charge in [0.25, 0.3) is 5.91 Å². The summed E-state index contributed by atoms with van der Waals surface area (Å²) < 4.78 is 5.75. The summed E-state index contributed by atoms with van der Waals surface area (Å²) in [5.41, 5.74) is 1.43. The summed E-state index contributed by atoms with van der Waals surface area (Å²) in [5, 5.41) is 25.4. The molecular weight excluding hydrogens is 330 g/mol. The van der Waals surface area contributed by atoms with E-state index in [4.69, 9.17) is 9.84 Å². The molecule has 0 radical (unpaired) electrons. The highest BCUT2D eigenvalue weighted by Crippen LogP contribution is 2.29. The number of hydrogen-bond acceptors (Lipinski definition) is 5. The molecule has 0 aliphatic carbocycles. The number of carbonyl (C=O) groups is 3. The van der Waals surface area contributed by atoms with Crippen LogP contribution in [0.3, 0.4) is 0 Å². The van der Waals surface area contributed by atoms with Gasteiger partial charge in [-0.2, -0.15) is 0 Å². The Hall–Kier alpha value is -2.81. The zero-order chi connectivity index (χ0) is 18.7. The van der Waals surface area contributed by atoms with Gasteiger partial charge in [0, 0.05) is 0 Å². The Kier molecular flexibility index (Phi) is 5.48. The molecule has 1 aliphatic rings. The number of aliphatic hydroxyl groups excluding tert-OH is 1. The summed E-state index contributed by atoms with van der Waals surface area (Å²) in [7, 11) is 0. The van der Waals surface area contributed by atoms with E-state index in [9.17, 15) is 19.5 Å². The molecule has 4 atom stereocenters. The Bertz CT molecular complexity index is 690. The van der Waals surface area contributed by atoms with Gasteiger partial charge in [-0.1, -0.05) is 6.07 Å². The highest BCUT2D eigenvalue weighted by molar-refractivity contribution is 6.00. The second kappa shape index (κ2) is 7.39. The molecular formula is C16H21N3O6. The number of ether oxygens (including phenoxy) is 1. The number of carboxylic acid groups (broad SMARTS) is 1. The number of aliphatic hydroxyl groups is 1. The van der Waals surface area contributed by atoms with Gasteiger partial charge in [-0.3, -0.25) is 9.59 Å². The minimum absolute atomic E-state index is 0.480. The van der Waals surface area contributed by atoms with Crippen LogP contribution in [0.15, 0.2) is 18.2 Å². The molecule has 1 aromatic rings. The van der Waals surface area contributed by atoms with Gasteiger partial charge in [0.05, 0.1) is 11.8 Å². The van der Waals surface area contributed by atoms with Crippen molar-refractivity contribution >= 4 is 23.6 Å². The number of aryl methyl sites for hydroxylation is 1. The second-order valence-corrected chi connectivity index (χ2v) is 5.97. The predicted molar refractivity (Wildman–Crippen MR) is 88.5 cm³/mol. The van der Waals surface area contributed by atoms with Gasteiger partial charge >= 0.3 is 6.09 Å². The summed E-state index contributed by atoms with van der Waals surface area (Å²) in [4.78, 5) is 35.5. The third kappa shape index (κ3) is 4.38. The maximum atomic E-state index is 12.4. The summed E-state index contributed by atoms with van der Waals surface area (Å²) in [6.45, 7) is 4.76. The third-order valence-corrected chi connectivity index (χ3v) is 3.80. The molecule has 1 aliphatic heterocycles. The molecule has 0 spiro atoms. The van der Waals surface area contributed by atoms with Crippen LogP contribution in [0.2, 0.25) is 0 Å². The van der Waals surface area contributed by atoms with Crippen molar-refractivity contribution in [3.8, 4) is 5.75 Å². The van der Waals surface area contributed by atoms with Crippen LogP contribution in [0.5, 0.6) is 5.75 Å². The molecule has 5 N–H and O–H groups in total. The smallest absolute Gasteiger partial charge is 0.405 e. The number of anilines is 1. The third-order valence-electron chi connectivity index (χ3n) is 3.80. The molecule has 25 heavy (non-hydrogen) atoms. The molecule has 136 valence electrons. The van der Waals surface area contributed by atoms with Crippen molar-refractivity contribution in [1.82, 2.24) is 10.6 Å². The minimum Gasteiger partial charge on any atom is -0.486 e. The van der Waals surface area contributed by atoms with Crippen molar-refractivity contribution in [2.45, 2.75) is 45.1 Å². The standard InChI is InChI=1S/C16H21N3O6/c1-7-4-5-10-11(6-7)25-9(3)13(15(22)17-10)18-14(21)12(8(2)20)19-16(23)24/h4-6,8-9,12-13,19-20H,1-3H3,(H,17,22)(H,18,21)(H,23,24)/t8-,9-,12-,13-/m0/s1. The van der Waals surface area contributed by atoms with E-state index in [0.29, 0.717) is 11.4 Å². The van der Waals surface area contributed by atoms with E-state index in [1.165, 1.54) is 6.92 Å². The number of rotatable bonds is 4. The first-order valence-corrected chi connectivity index (χ1v) is 7.75. The van der Waals surface area contributed by atoms with E-state index in [1.807, 2.05) is 18.3 Å². The number of fused-ring (bicyclic) bond motifs is 1. The normalized spacial score (nSPS) is 21.7. The Morgan fingerprint density at radius 2 is 2.04 bits per heavy atom. The van der Waals surface area contributed by atoms with Crippen molar-refractivity contribution in [3.63, 3.8) is 0 Å². The molecule has 0 aromatic heterocycles. The van der Waals surface area contributed by atoms with Crippen LogP contribution in [0, 0.1) is 6.92 Å². The van der Waals surface area contributed by atoms with Gasteiger partial charge in [-0.15, -0.1) is 0 Å². The zero-order valence-electron chi connectivity index (χ0n) is 14.1. The number of hydrogen-bond donors (Lipinski definition) is 5. The van der Waals surface area contributed by atoms with E-state index < -0.39 is 42.2 Å². The number of nitrogens with one attached hydrogen (secondary N) is 3. The summed E-state index contributed by atoms with van der Waals surface area (Å²) in [6, 6.07) is 2.81. The number of amides is 3. The van der Waals surface area contributed by atoms with E-state index in [2.05, 4.69) is 10.6 Å². The summed E-state index contributed by atoms with van der Waals surface area (Å²) in [5.74, 6) is -0.841. The molecule has 0 saturated heterocycles. The highest BCUT2D eigenvalue weighted by atomic mass is 16.5. The van der Waals surface area contributed by atoms with Crippen molar-refractivity contribution in [2.24, 2.45) is 0 Å². The topological polar surface area (TPSA) is 137 Å². The maximum absolute atomic E-state index is 12.4. The fourth-order valence-corrected chi connectivity index (χ4v) is 2.49. The largest absolute Gasteiger partial charge is 0.486 e. The van der Waals surface area contributed by atoms with Crippen molar-refractivity contribution in [3.05, 3.63) is 23.8 Å². The average molecular weight is 351 g/mol. The van der Waals surface area contributed by atoms with Crippen LogP contribution >= 0.6 is 0 Å². The lowest BCUT2D eigenvalue weighted by Crippen LogP contribution is -2.58. The zero-order valence-corrected chi connectivity index (χ0v) is 14.1. The summed E-state index contributed by atoms with van der Waals surface area (Å²) >= 11 is 0. The molecule has 0 fully saturated rings. The van der Waals surface area contributed by atoms with Gasteiger partial charge in [0.1, 0.15) is 23.9 Å². The van der Waals surface area contributed by atoms with Gasteiger partial charge in [-0.25, -0.2) is 4.79 Å². The van der Waals surface area contributed by atoms with E-state index >= 15 is 0 Å². The van der Waals surface area contributed by atoms with Crippen molar-refractivity contribution in [1.29, 1.82) is 0 Å². The van der Waals surface area contributed by atoms with Crippen molar-refractivity contribution in [2.75, 3.05) is 5.32 Å². The minimum atomic E-state index is -1.46. The highest BCUT2D eigenvalue weighted by Gasteiger charge is 2.35. The second-order valence-electron chi connectivity index (χ2n) is 5.97. The average Bonchev–Trinajstić information content (AvgIpc) is 2.62. The first-order chi connectivity index (χ1) is 11.7. The molecule has 9 nitrogen and oxygen atoms in total. The molecule has 0 saturated carbocycles. The van der Waals surface area contributed by atoms with Crippen LogP contribution in [0.4, 0.5) is 10.5 Å². The molecule has 3 amide bonds. The van der Waals surface area contributed by atoms with Crippen LogP contribution in [-0.2, 0) is 9.59 Å². The lowest BCUT2D eigenvalue weighted by molar-refractivity contribution is -0.131. The lowest BCUT2D eigenvalue weighted by Gasteiger charge is -2.25. The van der Waals surface area contributed by atoms with Crippen LogP contribution < -0.4 is 20.7 Å². The van der Waals surface area contributed by atoms with Crippen LogP contribution in [0.1, 0.15) is 19.4 Å². The molecule has 0 unspecified atom stereocenters. The first-order valence-electron chi connectivity index (χ1n) is 7.75. The van der Waals surface area contributed by atoms with Crippen molar-refractivity contribution < 1.29 is 29.3 Å². The quantitative estimate of drug-likeness (QED) is 0.526. The lowest BCUT2D eigenvalue weighted by atomic mass is 10.1. The van der Waals surface area contributed by atoms with Gasteiger partial charge in [0.15, 0.2) is 0 Å². The predicted octanol–water partition coefficient (Wildman–Crippen LogP) is 0.216. The molecule has 1 aromatic carbocycles.